The van der Waals surface area contributed by atoms with Crippen LogP contribution in [0.5, 0.6) is 11.5 Å². The molecule has 3 rings (SSSR count). The second kappa shape index (κ2) is 9.16. The van der Waals surface area contributed by atoms with Gasteiger partial charge >= 0.3 is 0 Å². The lowest BCUT2D eigenvalue weighted by molar-refractivity contribution is 0.355. The highest BCUT2D eigenvalue weighted by Gasteiger charge is 2.27. The molecule has 1 unspecified atom stereocenters. The van der Waals surface area contributed by atoms with Crippen molar-refractivity contribution in [2.45, 2.75) is 43.8 Å². The molecule has 1 atom stereocenters. The number of ether oxygens (including phenoxy) is 2. The summed E-state index contributed by atoms with van der Waals surface area (Å²) >= 11 is 1.49. The molecule has 1 saturated heterocycles. The first-order valence-electron chi connectivity index (χ1n) is 9.51. The summed E-state index contributed by atoms with van der Waals surface area (Å²) in [5.41, 5.74) is 1.97. The van der Waals surface area contributed by atoms with Gasteiger partial charge in [-0.3, -0.25) is 0 Å². The Bertz CT molecular complexity index is 881. The van der Waals surface area contributed by atoms with Crippen LogP contribution in [0, 0.1) is 11.3 Å². The Hall–Kier alpha value is -2.46. The quantitative estimate of drug-likeness (QED) is 0.523. The number of aromatic nitrogens is 2. The molecule has 0 amide bonds. The molecule has 0 N–H and O–H groups in total. The topological polar surface area (TPSA) is 71.3 Å². The van der Waals surface area contributed by atoms with E-state index in [1.165, 1.54) is 18.2 Å². The first-order valence-corrected chi connectivity index (χ1v) is 10.7. The maximum atomic E-state index is 10.0. The van der Waals surface area contributed by atoms with Crippen LogP contribution in [0.1, 0.15) is 38.2 Å². The number of benzene rings is 1. The average Bonchev–Trinajstić information content (AvgIpc) is 2.77. The van der Waals surface area contributed by atoms with Crippen molar-refractivity contribution in [2.24, 2.45) is 0 Å². The average molecular weight is 399 g/mol. The lowest BCUT2D eigenvalue weighted by atomic mass is 9.98. The Labute approximate surface area is 170 Å². The standard InChI is InChI=1S/C21H26N4O2S/c1-5-15-8-6-7-11-25(15)20-16(13-22)19(23-21(24-20)28-4)14-9-10-17(26-2)18(12-14)27-3/h9-10,12,15H,5-8,11H2,1-4H3. The number of hydrogen-bond acceptors (Lipinski definition) is 7. The highest BCUT2D eigenvalue weighted by atomic mass is 32.2. The maximum absolute atomic E-state index is 10.0. The van der Waals surface area contributed by atoms with E-state index in [9.17, 15) is 5.26 Å². The molecule has 0 bridgehead atoms. The SMILES string of the molecule is CCC1CCCCN1c1nc(SC)nc(-c2ccc(OC)c(OC)c2)c1C#N. The van der Waals surface area contributed by atoms with Gasteiger partial charge in [0, 0.05) is 18.2 Å². The molecule has 0 saturated carbocycles. The van der Waals surface area contributed by atoms with Crippen LogP contribution >= 0.6 is 11.8 Å². The van der Waals surface area contributed by atoms with Gasteiger partial charge in [0.15, 0.2) is 22.5 Å². The van der Waals surface area contributed by atoms with Gasteiger partial charge < -0.3 is 14.4 Å². The van der Waals surface area contributed by atoms with E-state index >= 15 is 0 Å². The van der Waals surface area contributed by atoms with Gasteiger partial charge in [-0.15, -0.1) is 0 Å². The maximum Gasteiger partial charge on any atom is 0.189 e. The third-order valence-electron chi connectivity index (χ3n) is 5.19. The van der Waals surface area contributed by atoms with Gasteiger partial charge in [-0.1, -0.05) is 18.7 Å². The number of piperidine rings is 1. The summed E-state index contributed by atoms with van der Waals surface area (Å²) in [4.78, 5) is 11.7. The third kappa shape index (κ3) is 3.88. The van der Waals surface area contributed by atoms with Crippen LogP contribution < -0.4 is 14.4 Å². The van der Waals surface area contributed by atoms with Crippen molar-refractivity contribution < 1.29 is 9.47 Å². The largest absolute Gasteiger partial charge is 0.493 e. The molecular weight excluding hydrogens is 372 g/mol. The summed E-state index contributed by atoms with van der Waals surface area (Å²) in [6.07, 6.45) is 6.46. The van der Waals surface area contributed by atoms with E-state index < -0.39 is 0 Å². The Morgan fingerprint density at radius 1 is 1.21 bits per heavy atom. The van der Waals surface area contributed by atoms with E-state index in [1.807, 2.05) is 24.5 Å². The predicted octanol–water partition coefficient (Wildman–Crippen LogP) is 4.52. The number of methoxy groups -OCH3 is 2. The van der Waals surface area contributed by atoms with Gasteiger partial charge in [-0.2, -0.15) is 5.26 Å². The fraction of sp³-hybridized carbons (Fsp3) is 0.476. The zero-order valence-electron chi connectivity index (χ0n) is 16.9. The van der Waals surface area contributed by atoms with Crippen LogP contribution in [0.25, 0.3) is 11.3 Å². The van der Waals surface area contributed by atoms with E-state index in [2.05, 4.69) is 22.9 Å². The Balaban J connectivity index is 2.18. The van der Waals surface area contributed by atoms with Crippen LogP contribution in [-0.4, -0.2) is 43.0 Å². The van der Waals surface area contributed by atoms with Crippen molar-refractivity contribution in [1.29, 1.82) is 5.26 Å². The lowest BCUT2D eigenvalue weighted by Crippen LogP contribution is -2.40. The second-order valence-electron chi connectivity index (χ2n) is 6.69. The van der Waals surface area contributed by atoms with Crippen molar-refractivity contribution in [3.8, 4) is 28.8 Å². The molecule has 2 aromatic rings. The molecule has 1 aliphatic rings. The van der Waals surface area contributed by atoms with Crippen LogP contribution in [0.2, 0.25) is 0 Å². The molecule has 1 aromatic carbocycles. The number of thioether (sulfide) groups is 1. The zero-order chi connectivity index (χ0) is 20.1. The zero-order valence-corrected chi connectivity index (χ0v) is 17.7. The van der Waals surface area contributed by atoms with Gasteiger partial charge in [0.25, 0.3) is 0 Å². The Morgan fingerprint density at radius 3 is 2.64 bits per heavy atom. The van der Waals surface area contributed by atoms with Gasteiger partial charge in [0.1, 0.15) is 11.6 Å². The first-order chi connectivity index (χ1) is 13.7. The minimum Gasteiger partial charge on any atom is -0.493 e. The molecule has 1 aromatic heterocycles. The molecule has 0 spiro atoms. The molecule has 28 heavy (non-hydrogen) atoms. The summed E-state index contributed by atoms with van der Waals surface area (Å²) in [6.45, 7) is 3.12. The Kier molecular flexibility index (Phi) is 6.63. The fourth-order valence-corrected chi connectivity index (χ4v) is 4.09. The molecule has 7 heteroatoms. The van der Waals surface area contributed by atoms with E-state index in [4.69, 9.17) is 14.5 Å². The molecule has 0 aliphatic carbocycles. The van der Waals surface area contributed by atoms with Crippen molar-refractivity contribution in [3.05, 3.63) is 23.8 Å². The molecule has 0 radical (unpaired) electrons. The number of nitriles is 1. The van der Waals surface area contributed by atoms with E-state index in [-0.39, 0.29) is 0 Å². The minimum absolute atomic E-state index is 0.406. The number of anilines is 1. The van der Waals surface area contributed by atoms with Crippen molar-refractivity contribution in [3.63, 3.8) is 0 Å². The second-order valence-corrected chi connectivity index (χ2v) is 7.46. The van der Waals surface area contributed by atoms with Crippen molar-refractivity contribution >= 4 is 17.6 Å². The molecular formula is C21H26N4O2S. The summed E-state index contributed by atoms with van der Waals surface area (Å²) in [5, 5.41) is 10.7. The van der Waals surface area contributed by atoms with Crippen LogP contribution in [0.3, 0.4) is 0 Å². The number of nitrogens with zero attached hydrogens (tertiary/aromatic N) is 4. The molecule has 2 heterocycles. The van der Waals surface area contributed by atoms with Crippen molar-refractivity contribution in [1.82, 2.24) is 9.97 Å². The van der Waals surface area contributed by atoms with Crippen LogP contribution in [-0.2, 0) is 0 Å². The highest BCUT2D eigenvalue weighted by Crippen LogP contribution is 2.37. The first kappa shape index (κ1) is 20.3. The lowest BCUT2D eigenvalue weighted by Gasteiger charge is -2.37. The monoisotopic (exact) mass is 398 g/mol. The number of hydrogen-bond donors (Lipinski definition) is 0. The normalized spacial score (nSPS) is 16.5. The van der Waals surface area contributed by atoms with Gasteiger partial charge in [0.05, 0.1) is 19.9 Å². The van der Waals surface area contributed by atoms with Crippen molar-refractivity contribution in [2.75, 3.05) is 31.9 Å². The van der Waals surface area contributed by atoms with Crippen LogP contribution in [0.15, 0.2) is 23.4 Å². The van der Waals surface area contributed by atoms with Gasteiger partial charge in [0.2, 0.25) is 0 Å². The third-order valence-corrected chi connectivity index (χ3v) is 5.74. The molecule has 1 aliphatic heterocycles. The van der Waals surface area contributed by atoms with Gasteiger partial charge in [-0.05, 0) is 50.1 Å². The minimum atomic E-state index is 0.406. The van der Waals surface area contributed by atoms with E-state index in [0.717, 1.165) is 37.2 Å². The fourth-order valence-electron chi connectivity index (χ4n) is 3.73. The van der Waals surface area contributed by atoms with Gasteiger partial charge in [-0.25, -0.2) is 9.97 Å². The van der Waals surface area contributed by atoms with E-state index in [1.54, 1.807) is 14.2 Å². The summed E-state index contributed by atoms with van der Waals surface area (Å²) in [5.74, 6) is 2.00. The molecule has 148 valence electrons. The summed E-state index contributed by atoms with van der Waals surface area (Å²) in [6, 6.07) is 8.39. The predicted molar refractivity (Wildman–Crippen MR) is 112 cm³/mol. The Morgan fingerprint density at radius 2 is 2.00 bits per heavy atom. The summed E-state index contributed by atoms with van der Waals surface area (Å²) in [7, 11) is 3.21. The molecule has 6 nitrogen and oxygen atoms in total. The van der Waals surface area contributed by atoms with Crippen LogP contribution in [0.4, 0.5) is 5.82 Å². The van der Waals surface area contributed by atoms with E-state index in [0.29, 0.717) is 34.0 Å². The molecule has 1 fully saturated rings. The highest BCUT2D eigenvalue weighted by molar-refractivity contribution is 7.98. The number of rotatable bonds is 6. The summed E-state index contributed by atoms with van der Waals surface area (Å²) < 4.78 is 10.8. The smallest absolute Gasteiger partial charge is 0.189 e.